The first-order valence-electron chi connectivity index (χ1n) is 8.49. The number of nitrogens with one attached hydrogen (secondary N) is 1. The first kappa shape index (κ1) is 17.6. The smallest absolute Gasteiger partial charge is 0.248 e. The summed E-state index contributed by atoms with van der Waals surface area (Å²) >= 11 is 0. The quantitative estimate of drug-likeness (QED) is 0.748. The highest BCUT2D eigenvalue weighted by atomic mass is 16.5. The van der Waals surface area contributed by atoms with Gasteiger partial charge in [-0.25, -0.2) is 0 Å². The molecule has 1 fully saturated rings. The summed E-state index contributed by atoms with van der Waals surface area (Å²) in [5, 5.41) is 3.50. The van der Waals surface area contributed by atoms with Crippen molar-refractivity contribution < 1.29 is 14.3 Å². The van der Waals surface area contributed by atoms with E-state index in [0.717, 1.165) is 50.2 Å². The van der Waals surface area contributed by atoms with Crippen LogP contribution in [-0.4, -0.2) is 50.3 Å². The van der Waals surface area contributed by atoms with Crippen molar-refractivity contribution in [3.8, 4) is 5.75 Å². The summed E-state index contributed by atoms with van der Waals surface area (Å²) in [6.07, 6.45) is 4.20. The fraction of sp³-hybridized carbons (Fsp3) is 0.611. The number of carbonyl (C=O) groups is 1. The zero-order valence-electron chi connectivity index (χ0n) is 14.2. The molecule has 1 aliphatic heterocycles. The van der Waals surface area contributed by atoms with Gasteiger partial charge < -0.3 is 19.7 Å². The second kappa shape index (κ2) is 9.40. The summed E-state index contributed by atoms with van der Waals surface area (Å²) in [7, 11) is 1.66. The van der Waals surface area contributed by atoms with Crippen LogP contribution in [-0.2, 0) is 9.53 Å². The second-order valence-electron chi connectivity index (χ2n) is 5.96. The van der Waals surface area contributed by atoms with Gasteiger partial charge in [-0.3, -0.25) is 4.79 Å². The molecule has 1 aromatic rings. The van der Waals surface area contributed by atoms with Crippen molar-refractivity contribution in [3.05, 3.63) is 24.3 Å². The summed E-state index contributed by atoms with van der Waals surface area (Å²) in [6.45, 7) is 4.56. The lowest BCUT2D eigenvalue weighted by Crippen LogP contribution is -2.46. The van der Waals surface area contributed by atoms with Gasteiger partial charge in [-0.2, -0.15) is 0 Å². The van der Waals surface area contributed by atoms with Gasteiger partial charge in [0.1, 0.15) is 12.4 Å². The Morgan fingerprint density at radius 2 is 2.13 bits per heavy atom. The summed E-state index contributed by atoms with van der Waals surface area (Å²) in [6, 6.07) is 8.18. The number of hydrogen-bond acceptors (Lipinski definition) is 4. The van der Waals surface area contributed by atoms with E-state index in [4.69, 9.17) is 9.47 Å². The van der Waals surface area contributed by atoms with Gasteiger partial charge in [0.25, 0.3) is 0 Å². The van der Waals surface area contributed by atoms with Crippen molar-refractivity contribution in [3.63, 3.8) is 0 Å². The van der Waals surface area contributed by atoms with Gasteiger partial charge in [0.2, 0.25) is 5.91 Å². The first-order chi connectivity index (χ1) is 11.2. The maximum atomic E-state index is 12.2. The molecular formula is C18H28N2O3. The number of carbonyl (C=O) groups excluding carboxylic acids is 1. The van der Waals surface area contributed by atoms with Crippen molar-refractivity contribution in [2.24, 2.45) is 0 Å². The number of benzene rings is 1. The van der Waals surface area contributed by atoms with Crippen LogP contribution >= 0.6 is 0 Å². The largest absolute Gasteiger partial charge is 0.497 e. The fourth-order valence-electron chi connectivity index (χ4n) is 2.74. The first-order valence-corrected chi connectivity index (χ1v) is 8.49. The summed E-state index contributed by atoms with van der Waals surface area (Å²) < 4.78 is 10.6. The van der Waals surface area contributed by atoms with E-state index in [0.29, 0.717) is 6.61 Å². The third kappa shape index (κ3) is 5.75. The predicted molar refractivity (Wildman–Crippen MR) is 91.9 cm³/mol. The minimum Gasteiger partial charge on any atom is -0.497 e. The average Bonchev–Trinajstić information content (AvgIpc) is 2.59. The molecule has 0 unspecified atom stereocenters. The zero-order valence-corrected chi connectivity index (χ0v) is 14.2. The third-order valence-electron chi connectivity index (χ3n) is 4.10. The molecule has 1 saturated heterocycles. The van der Waals surface area contributed by atoms with E-state index >= 15 is 0 Å². The lowest BCUT2D eigenvalue weighted by atomic mass is 10.1. The van der Waals surface area contributed by atoms with Crippen LogP contribution in [0.4, 0.5) is 5.69 Å². The molecule has 23 heavy (non-hydrogen) atoms. The minimum atomic E-state index is 0.0994. The van der Waals surface area contributed by atoms with E-state index in [9.17, 15) is 4.79 Å². The Bertz CT molecular complexity index is 476. The van der Waals surface area contributed by atoms with E-state index < -0.39 is 0 Å². The van der Waals surface area contributed by atoms with Crippen LogP contribution < -0.4 is 10.1 Å². The number of amides is 1. The summed E-state index contributed by atoms with van der Waals surface area (Å²) in [5.74, 6) is 0.947. The third-order valence-corrected chi connectivity index (χ3v) is 4.10. The van der Waals surface area contributed by atoms with Crippen LogP contribution in [0.25, 0.3) is 0 Å². The van der Waals surface area contributed by atoms with Gasteiger partial charge in [-0.15, -0.1) is 0 Å². The van der Waals surface area contributed by atoms with Crippen LogP contribution in [0, 0.1) is 0 Å². The van der Waals surface area contributed by atoms with E-state index in [1.54, 1.807) is 7.11 Å². The lowest BCUT2D eigenvalue weighted by Gasteiger charge is -2.33. The van der Waals surface area contributed by atoms with Gasteiger partial charge >= 0.3 is 0 Å². The highest BCUT2D eigenvalue weighted by molar-refractivity contribution is 5.77. The molecule has 1 atom stereocenters. The molecule has 1 aromatic carbocycles. The number of rotatable bonds is 8. The Kier molecular flexibility index (Phi) is 7.20. The average molecular weight is 320 g/mol. The molecule has 0 bridgehead atoms. The Morgan fingerprint density at radius 1 is 1.35 bits per heavy atom. The van der Waals surface area contributed by atoms with Crippen molar-refractivity contribution >= 4 is 11.6 Å². The molecule has 0 spiro atoms. The Labute approximate surface area is 139 Å². The molecule has 0 aliphatic carbocycles. The molecule has 0 aromatic heterocycles. The van der Waals surface area contributed by atoms with Gasteiger partial charge in [0.05, 0.1) is 7.11 Å². The van der Waals surface area contributed by atoms with Crippen molar-refractivity contribution in [1.29, 1.82) is 0 Å². The van der Waals surface area contributed by atoms with Crippen LogP contribution in [0.15, 0.2) is 24.3 Å². The number of anilines is 1. The zero-order chi connectivity index (χ0) is 16.5. The predicted octanol–water partition coefficient (Wildman–Crippen LogP) is 2.91. The number of ether oxygens (including phenoxy) is 2. The van der Waals surface area contributed by atoms with Crippen LogP contribution in [0.1, 0.15) is 32.6 Å². The summed E-state index contributed by atoms with van der Waals surface area (Å²) in [5.41, 5.74) is 1.06. The Balaban J connectivity index is 1.79. The number of hydrogen-bond donors (Lipinski definition) is 1. The number of nitrogens with zero attached hydrogens (tertiary/aromatic N) is 1. The van der Waals surface area contributed by atoms with Crippen molar-refractivity contribution in [1.82, 2.24) is 4.90 Å². The second-order valence-corrected chi connectivity index (χ2v) is 5.96. The molecule has 5 heteroatoms. The van der Waals surface area contributed by atoms with Gasteiger partial charge in [-0.05, 0) is 43.5 Å². The Hall–Kier alpha value is -1.75. The molecule has 128 valence electrons. The molecule has 5 nitrogen and oxygen atoms in total. The van der Waals surface area contributed by atoms with Crippen LogP contribution in [0.2, 0.25) is 0 Å². The molecular weight excluding hydrogens is 292 g/mol. The molecule has 2 rings (SSSR count). The molecule has 1 N–H and O–H groups in total. The monoisotopic (exact) mass is 320 g/mol. The van der Waals surface area contributed by atoms with Crippen LogP contribution in [0.5, 0.6) is 5.75 Å². The molecule has 1 amide bonds. The molecule has 0 saturated carbocycles. The lowest BCUT2D eigenvalue weighted by molar-refractivity contribution is -0.137. The van der Waals surface area contributed by atoms with E-state index in [2.05, 4.69) is 12.2 Å². The topological polar surface area (TPSA) is 50.8 Å². The highest BCUT2D eigenvalue weighted by Gasteiger charge is 2.23. The van der Waals surface area contributed by atoms with Crippen LogP contribution in [0.3, 0.4) is 0 Å². The van der Waals surface area contributed by atoms with Gasteiger partial charge in [0.15, 0.2) is 0 Å². The van der Waals surface area contributed by atoms with E-state index in [1.807, 2.05) is 29.2 Å². The highest BCUT2D eigenvalue weighted by Crippen LogP contribution is 2.19. The number of unbranched alkanes of at least 4 members (excludes halogenated alkanes) is 1. The fourth-order valence-corrected chi connectivity index (χ4v) is 2.74. The summed E-state index contributed by atoms with van der Waals surface area (Å²) in [4.78, 5) is 14.1. The molecule has 1 aliphatic rings. The number of likely N-dealkylation sites (tertiary alicyclic amines) is 1. The maximum absolute atomic E-state index is 12.2. The van der Waals surface area contributed by atoms with Gasteiger partial charge in [0, 0.05) is 31.4 Å². The van der Waals surface area contributed by atoms with E-state index in [1.165, 1.54) is 0 Å². The number of methoxy groups -OCH3 is 1. The van der Waals surface area contributed by atoms with Crippen molar-refractivity contribution in [2.45, 2.75) is 38.6 Å². The SMILES string of the molecule is CCCCOCC(=O)N1CCC[C@@H](Nc2ccc(OC)cc2)C1. The van der Waals surface area contributed by atoms with E-state index in [-0.39, 0.29) is 18.6 Å². The van der Waals surface area contributed by atoms with Gasteiger partial charge in [-0.1, -0.05) is 13.3 Å². The van der Waals surface area contributed by atoms with Crippen molar-refractivity contribution in [2.75, 3.05) is 38.7 Å². The maximum Gasteiger partial charge on any atom is 0.248 e. The standard InChI is InChI=1S/C18H28N2O3/c1-3-4-12-23-14-18(21)20-11-5-6-16(13-20)19-15-7-9-17(22-2)10-8-15/h7-10,16,19H,3-6,11-14H2,1-2H3/t16-/m1/s1. The molecule has 1 heterocycles. The Morgan fingerprint density at radius 3 is 2.83 bits per heavy atom. The normalized spacial score (nSPS) is 17.8. The number of piperidine rings is 1. The molecule has 0 radical (unpaired) electrons. The minimum absolute atomic E-state index is 0.0994.